The number of ether oxygens (including phenoxy) is 1. The molecule has 1 aliphatic heterocycles. The van der Waals surface area contributed by atoms with Crippen LogP contribution in [0.25, 0.3) is 0 Å². The molecular formula is C15H13Br2ClN2O. The number of benzene rings is 1. The number of aryl methyl sites for hydroxylation is 1. The number of hydrogen-bond donors (Lipinski definition) is 0. The molecule has 1 aliphatic rings. The zero-order valence-corrected chi connectivity index (χ0v) is 15.3. The smallest absolute Gasteiger partial charge is 0.176 e. The second-order valence-electron chi connectivity index (χ2n) is 4.84. The summed E-state index contributed by atoms with van der Waals surface area (Å²) in [5.41, 5.74) is 2.19. The highest BCUT2D eigenvalue weighted by atomic mass is 79.9. The van der Waals surface area contributed by atoms with Gasteiger partial charge in [0.25, 0.3) is 0 Å². The lowest BCUT2D eigenvalue weighted by atomic mass is 10.1. The number of alkyl halides is 1. The molecular weight excluding hydrogens is 419 g/mol. The summed E-state index contributed by atoms with van der Waals surface area (Å²) in [5, 5.41) is 0. The maximum absolute atomic E-state index is 6.01. The minimum atomic E-state index is 0.619. The van der Waals surface area contributed by atoms with Gasteiger partial charge in [-0.3, -0.25) is 0 Å². The molecule has 2 heterocycles. The highest BCUT2D eigenvalue weighted by Crippen LogP contribution is 2.47. The third-order valence-corrected chi connectivity index (χ3v) is 4.88. The first kappa shape index (κ1) is 15.1. The predicted octanol–water partition coefficient (Wildman–Crippen LogP) is 5.79. The first-order chi connectivity index (χ1) is 10.1. The molecule has 0 N–H and O–H groups in total. The molecule has 0 atom stereocenters. The average Bonchev–Trinajstić information content (AvgIpc) is 2.45. The number of halogens is 3. The Bertz CT molecular complexity index is 694. The summed E-state index contributed by atoms with van der Waals surface area (Å²) in [6.07, 6.45) is 2.67. The van der Waals surface area contributed by atoms with Crippen LogP contribution < -0.4 is 9.64 Å². The molecule has 0 radical (unpaired) electrons. The molecule has 1 aromatic carbocycles. The van der Waals surface area contributed by atoms with Crippen molar-refractivity contribution in [3.63, 3.8) is 0 Å². The monoisotopic (exact) mass is 430 g/mol. The fraction of sp³-hybridized carbons (Fsp3) is 0.267. The highest BCUT2D eigenvalue weighted by Gasteiger charge is 2.26. The van der Waals surface area contributed by atoms with E-state index in [4.69, 9.17) is 16.3 Å². The molecule has 21 heavy (non-hydrogen) atoms. The van der Waals surface area contributed by atoms with Crippen molar-refractivity contribution in [3.8, 4) is 11.5 Å². The Balaban J connectivity index is 2.12. The molecule has 0 unspecified atom stereocenters. The summed E-state index contributed by atoms with van der Waals surface area (Å²) >= 11 is 12.9. The van der Waals surface area contributed by atoms with Gasteiger partial charge >= 0.3 is 0 Å². The molecule has 0 bridgehead atoms. The number of pyridine rings is 1. The third-order valence-electron chi connectivity index (χ3n) is 3.32. The second kappa shape index (κ2) is 6.15. The van der Waals surface area contributed by atoms with Crippen molar-refractivity contribution in [3.05, 3.63) is 38.9 Å². The molecule has 110 valence electrons. The van der Waals surface area contributed by atoms with Crippen molar-refractivity contribution < 1.29 is 4.74 Å². The van der Waals surface area contributed by atoms with Crippen molar-refractivity contribution in [2.45, 2.75) is 13.3 Å². The van der Waals surface area contributed by atoms with Gasteiger partial charge in [-0.2, -0.15) is 0 Å². The zero-order valence-electron chi connectivity index (χ0n) is 11.4. The Morgan fingerprint density at radius 1 is 1.24 bits per heavy atom. The molecule has 0 saturated carbocycles. The molecule has 2 aromatic rings. The van der Waals surface area contributed by atoms with Crippen molar-refractivity contribution in [2.75, 3.05) is 17.3 Å². The largest absolute Gasteiger partial charge is 0.451 e. The van der Waals surface area contributed by atoms with Gasteiger partial charge in [-0.05, 0) is 47.0 Å². The standard InChI is InChI=1S/C15H13Br2ClN2O/c1-9-5-12-13(7-11(9)17)21-14-6-10(16)8-19-15(14)20(12)4-2-3-18/h5-8H,2-4H2,1H3. The topological polar surface area (TPSA) is 25.4 Å². The van der Waals surface area contributed by atoms with Gasteiger partial charge in [0.1, 0.15) is 0 Å². The van der Waals surface area contributed by atoms with Crippen molar-refractivity contribution in [2.24, 2.45) is 0 Å². The Hall–Kier alpha value is -0.780. The number of nitrogens with zero attached hydrogens (tertiary/aromatic N) is 2. The van der Waals surface area contributed by atoms with Crippen LogP contribution >= 0.6 is 43.5 Å². The molecule has 6 heteroatoms. The van der Waals surface area contributed by atoms with Gasteiger partial charge in [0.2, 0.25) is 0 Å². The molecule has 0 saturated heterocycles. The van der Waals surface area contributed by atoms with Crippen LogP contribution in [0.5, 0.6) is 11.5 Å². The van der Waals surface area contributed by atoms with Crippen LogP contribution in [0.4, 0.5) is 11.5 Å². The zero-order chi connectivity index (χ0) is 15.0. The van der Waals surface area contributed by atoms with E-state index in [1.54, 1.807) is 6.20 Å². The molecule has 0 aliphatic carbocycles. The SMILES string of the molecule is Cc1cc2c(cc1Br)Oc1cc(Br)cnc1N2CCCCl. The summed E-state index contributed by atoms with van der Waals surface area (Å²) in [6, 6.07) is 6.05. The minimum Gasteiger partial charge on any atom is -0.451 e. The lowest BCUT2D eigenvalue weighted by Gasteiger charge is -2.32. The Kier molecular flexibility index (Phi) is 4.43. The molecule has 3 nitrogen and oxygen atoms in total. The van der Waals surface area contributed by atoms with E-state index in [9.17, 15) is 0 Å². The number of aromatic nitrogens is 1. The van der Waals surface area contributed by atoms with Gasteiger partial charge in [0.15, 0.2) is 17.3 Å². The summed E-state index contributed by atoms with van der Waals surface area (Å²) in [5.74, 6) is 3.03. The van der Waals surface area contributed by atoms with Gasteiger partial charge in [0, 0.05) is 33.6 Å². The van der Waals surface area contributed by atoms with Crippen LogP contribution in [0.1, 0.15) is 12.0 Å². The van der Waals surface area contributed by atoms with E-state index in [-0.39, 0.29) is 0 Å². The third kappa shape index (κ3) is 2.91. The van der Waals surface area contributed by atoms with Crippen molar-refractivity contribution in [1.82, 2.24) is 4.98 Å². The Labute approximate surface area is 145 Å². The lowest BCUT2D eigenvalue weighted by molar-refractivity contribution is 0.469. The Morgan fingerprint density at radius 3 is 2.81 bits per heavy atom. The van der Waals surface area contributed by atoms with Gasteiger partial charge in [-0.25, -0.2) is 4.98 Å². The predicted molar refractivity (Wildman–Crippen MR) is 93.2 cm³/mol. The number of anilines is 2. The molecule has 0 spiro atoms. The van der Waals surface area contributed by atoms with E-state index >= 15 is 0 Å². The van der Waals surface area contributed by atoms with E-state index in [2.05, 4.69) is 54.7 Å². The van der Waals surface area contributed by atoms with Gasteiger partial charge in [0.05, 0.1) is 5.69 Å². The van der Waals surface area contributed by atoms with Crippen LogP contribution in [0.2, 0.25) is 0 Å². The fourth-order valence-electron chi connectivity index (χ4n) is 2.31. The van der Waals surface area contributed by atoms with Gasteiger partial charge < -0.3 is 9.64 Å². The molecule has 1 aromatic heterocycles. The normalized spacial score (nSPS) is 12.7. The van der Waals surface area contributed by atoms with E-state index in [1.165, 1.54) is 0 Å². The number of rotatable bonds is 3. The number of fused-ring (bicyclic) bond motifs is 2. The van der Waals surface area contributed by atoms with E-state index < -0.39 is 0 Å². The number of hydrogen-bond acceptors (Lipinski definition) is 3. The summed E-state index contributed by atoms with van der Waals surface area (Å²) in [7, 11) is 0. The van der Waals surface area contributed by atoms with Crippen molar-refractivity contribution in [1.29, 1.82) is 0 Å². The maximum Gasteiger partial charge on any atom is 0.176 e. The first-order valence-corrected chi connectivity index (χ1v) is 8.69. The fourth-order valence-corrected chi connectivity index (χ4v) is 3.06. The van der Waals surface area contributed by atoms with Crippen LogP contribution in [-0.2, 0) is 0 Å². The molecule has 0 amide bonds. The quantitative estimate of drug-likeness (QED) is 0.574. The van der Waals surface area contributed by atoms with Crippen LogP contribution in [0, 0.1) is 6.92 Å². The summed E-state index contributed by atoms with van der Waals surface area (Å²) in [6.45, 7) is 2.87. The summed E-state index contributed by atoms with van der Waals surface area (Å²) in [4.78, 5) is 6.67. The van der Waals surface area contributed by atoms with Crippen molar-refractivity contribution >= 4 is 55.0 Å². The maximum atomic E-state index is 6.01. The molecule has 0 fully saturated rings. The minimum absolute atomic E-state index is 0.619. The van der Waals surface area contributed by atoms with Gasteiger partial charge in [-0.1, -0.05) is 15.9 Å². The average molecular weight is 433 g/mol. The second-order valence-corrected chi connectivity index (χ2v) is 6.99. The molecule has 3 rings (SSSR count). The van der Waals surface area contributed by atoms with E-state index in [0.29, 0.717) is 5.88 Å². The summed E-state index contributed by atoms with van der Waals surface area (Å²) < 4.78 is 7.94. The van der Waals surface area contributed by atoms with Crippen LogP contribution in [0.3, 0.4) is 0 Å². The van der Waals surface area contributed by atoms with Crippen LogP contribution in [0.15, 0.2) is 33.3 Å². The van der Waals surface area contributed by atoms with Gasteiger partial charge in [-0.15, -0.1) is 11.6 Å². The van der Waals surface area contributed by atoms with Crippen LogP contribution in [-0.4, -0.2) is 17.4 Å². The van der Waals surface area contributed by atoms with E-state index in [1.807, 2.05) is 12.1 Å². The van der Waals surface area contributed by atoms with E-state index in [0.717, 1.165) is 50.5 Å². The Morgan fingerprint density at radius 2 is 2.05 bits per heavy atom. The first-order valence-electron chi connectivity index (χ1n) is 6.57. The lowest BCUT2D eigenvalue weighted by Crippen LogP contribution is -2.24. The highest BCUT2D eigenvalue weighted by molar-refractivity contribution is 9.10.